The number of rotatable bonds is 5. The highest BCUT2D eigenvalue weighted by atomic mass is 35.5. The van der Waals surface area contributed by atoms with Gasteiger partial charge in [0.2, 0.25) is 5.88 Å². The molecule has 3 aromatic rings. The summed E-state index contributed by atoms with van der Waals surface area (Å²) in [6.45, 7) is 0. The van der Waals surface area contributed by atoms with Crippen LogP contribution in [0.25, 0.3) is 22.0 Å². The number of ether oxygens (including phenoxy) is 1. The lowest BCUT2D eigenvalue weighted by atomic mass is 10.0. The molecule has 0 atom stereocenters. The van der Waals surface area contributed by atoms with Crippen LogP contribution >= 0.6 is 23.8 Å². The van der Waals surface area contributed by atoms with Crippen molar-refractivity contribution in [3.8, 4) is 17.0 Å². The van der Waals surface area contributed by atoms with E-state index in [4.69, 9.17) is 33.4 Å². The summed E-state index contributed by atoms with van der Waals surface area (Å²) in [5.41, 5.74) is 6.02. The Hall–Kier alpha value is -2.35. The summed E-state index contributed by atoms with van der Waals surface area (Å²) in [5, 5.41) is 1.52. The highest BCUT2D eigenvalue weighted by Gasteiger charge is 2.16. The number of fused-ring (bicyclic) bond motifs is 1. The third-order valence-electron chi connectivity index (χ3n) is 4.00. The SMILES string of the molecule is CONC(=S)c1c[nH]c2cc(Cl)c(-c3ccc(N(C)C)nc3OC)cc12. The Labute approximate surface area is 162 Å². The van der Waals surface area contributed by atoms with Gasteiger partial charge in [0.05, 0.1) is 19.2 Å². The molecule has 1 aromatic carbocycles. The van der Waals surface area contributed by atoms with Gasteiger partial charge < -0.3 is 14.6 Å². The van der Waals surface area contributed by atoms with Crippen LogP contribution in [0.4, 0.5) is 5.82 Å². The molecule has 8 heteroatoms. The quantitative estimate of drug-likeness (QED) is 0.510. The Morgan fingerprint density at radius 2 is 2.00 bits per heavy atom. The van der Waals surface area contributed by atoms with E-state index in [1.807, 2.05) is 49.5 Å². The number of methoxy groups -OCH3 is 1. The Kier molecular flexibility index (Phi) is 5.31. The van der Waals surface area contributed by atoms with Crippen LogP contribution in [0, 0.1) is 0 Å². The molecule has 0 saturated heterocycles. The average Bonchev–Trinajstić information content (AvgIpc) is 3.03. The first-order chi connectivity index (χ1) is 12.5. The van der Waals surface area contributed by atoms with Gasteiger partial charge in [-0.2, -0.15) is 4.98 Å². The van der Waals surface area contributed by atoms with Crippen LogP contribution in [-0.2, 0) is 4.84 Å². The van der Waals surface area contributed by atoms with Crippen LogP contribution in [0.3, 0.4) is 0 Å². The van der Waals surface area contributed by atoms with Crippen LogP contribution in [0.1, 0.15) is 5.56 Å². The number of aromatic nitrogens is 2. The predicted molar refractivity (Wildman–Crippen MR) is 109 cm³/mol. The molecule has 0 unspecified atom stereocenters. The highest BCUT2D eigenvalue weighted by molar-refractivity contribution is 7.80. The number of hydroxylamine groups is 1. The van der Waals surface area contributed by atoms with Gasteiger partial charge in [-0.25, -0.2) is 0 Å². The van der Waals surface area contributed by atoms with E-state index < -0.39 is 0 Å². The summed E-state index contributed by atoms with van der Waals surface area (Å²) in [7, 11) is 6.97. The van der Waals surface area contributed by atoms with Gasteiger partial charge in [-0.05, 0) is 24.3 Å². The minimum absolute atomic E-state index is 0.486. The van der Waals surface area contributed by atoms with Gasteiger partial charge in [0.1, 0.15) is 10.8 Å². The van der Waals surface area contributed by atoms with Gasteiger partial charge in [-0.3, -0.25) is 10.3 Å². The summed E-state index contributed by atoms with van der Waals surface area (Å²) in [6, 6.07) is 7.71. The molecule has 2 N–H and O–H groups in total. The molecule has 0 radical (unpaired) electrons. The van der Waals surface area contributed by atoms with Crippen molar-refractivity contribution >= 4 is 45.5 Å². The van der Waals surface area contributed by atoms with Crippen LogP contribution in [0.5, 0.6) is 5.88 Å². The number of anilines is 1. The molecule has 2 heterocycles. The molecule has 0 aliphatic carbocycles. The van der Waals surface area contributed by atoms with Crippen molar-refractivity contribution in [1.29, 1.82) is 0 Å². The maximum atomic E-state index is 6.53. The van der Waals surface area contributed by atoms with E-state index in [2.05, 4.69) is 15.4 Å². The minimum Gasteiger partial charge on any atom is -0.480 e. The highest BCUT2D eigenvalue weighted by Crippen LogP contribution is 2.38. The number of pyridine rings is 1. The Morgan fingerprint density at radius 1 is 1.23 bits per heavy atom. The summed E-state index contributed by atoms with van der Waals surface area (Å²) in [4.78, 5) is 15.0. The van der Waals surface area contributed by atoms with Crippen LogP contribution in [0.2, 0.25) is 5.02 Å². The molecule has 26 heavy (non-hydrogen) atoms. The van der Waals surface area contributed by atoms with Crippen LogP contribution in [-0.4, -0.2) is 43.3 Å². The Bertz CT molecular complexity index is 971. The average molecular weight is 391 g/mol. The largest absolute Gasteiger partial charge is 0.480 e. The van der Waals surface area contributed by atoms with E-state index in [0.717, 1.165) is 33.4 Å². The van der Waals surface area contributed by atoms with Gasteiger partial charge in [-0.1, -0.05) is 23.8 Å². The molecule has 0 saturated carbocycles. The Morgan fingerprint density at radius 3 is 2.65 bits per heavy atom. The number of nitrogens with zero attached hydrogens (tertiary/aromatic N) is 2. The lowest BCUT2D eigenvalue weighted by Crippen LogP contribution is -2.20. The first-order valence-corrected chi connectivity index (χ1v) is 8.61. The van der Waals surface area contributed by atoms with Crippen molar-refractivity contribution < 1.29 is 9.57 Å². The van der Waals surface area contributed by atoms with Gasteiger partial charge in [0.25, 0.3) is 0 Å². The van der Waals surface area contributed by atoms with Crippen LogP contribution in [0.15, 0.2) is 30.5 Å². The van der Waals surface area contributed by atoms with Crippen molar-refractivity contribution in [1.82, 2.24) is 15.4 Å². The maximum absolute atomic E-state index is 6.53. The summed E-state index contributed by atoms with van der Waals surface area (Å²) in [5.74, 6) is 1.31. The van der Waals surface area contributed by atoms with E-state index in [-0.39, 0.29) is 0 Å². The van der Waals surface area contributed by atoms with Gasteiger partial charge in [-0.15, -0.1) is 0 Å². The number of nitrogens with one attached hydrogen (secondary N) is 2. The number of thiocarbonyl (C=S) groups is 1. The molecule has 0 fully saturated rings. The fourth-order valence-electron chi connectivity index (χ4n) is 2.73. The molecule has 136 valence electrons. The molecule has 0 aliphatic heterocycles. The smallest absolute Gasteiger partial charge is 0.223 e. The van der Waals surface area contributed by atoms with E-state index in [0.29, 0.717) is 15.9 Å². The van der Waals surface area contributed by atoms with Gasteiger partial charge >= 0.3 is 0 Å². The molecule has 0 bridgehead atoms. The van der Waals surface area contributed by atoms with E-state index >= 15 is 0 Å². The first kappa shape index (κ1) is 18.4. The third kappa shape index (κ3) is 3.33. The lowest BCUT2D eigenvalue weighted by Gasteiger charge is -2.15. The predicted octanol–water partition coefficient (Wildman–Crippen LogP) is 3.78. The number of hydrogen-bond acceptors (Lipinski definition) is 5. The van der Waals surface area contributed by atoms with E-state index in [9.17, 15) is 0 Å². The minimum atomic E-state index is 0.486. The van der Waals surface area contributed by atoms with Crippen molar-refractivity contribution in [2.45, 2.75) is 0 Å². The zero-order chi connectivity index (χ0) is 18.8. The molecular formula is C18H19ClN4O2S. The lowest BCUT2D eigenvalue weighted by molar-refractivity contribution is 0.147. The fraction of sp³-hybridized carbons (Fsp3) is 0.222. The van der Waals surface area contributed by atoms with E-state index in [1.54, 1.807) is 7.11 Å². The molecule has 0 amide bonds. The van der Waals surface area contributed by atoms with Crippen molar-refractivity contribution in [3.63, 3.8) is 0 Å². The van der Waals surface area contributed by atoms with Crippen molar-refractivity contribution in [2.75, 3.05) is 33.2 Å². The Balaban J connectivity index is 2.17. The standard InChI is InChI=1S/C18H19ClN4O2S/c1-23(2)16-6-5-10(17(21-16)24-3)11-7-12-13(18(26)22-25-4)9-20-15(12)8-14(11)19/h5-9,20H,1-4H3,(H,22,26). The third-order valence-corrected chi connectivity index (χ3v) is 4.61. The first-order valence-electron chi connectivity index (χ1n) is 7.83. The number of H-pyrrole nitrogens is 1. The number of halogens is 1. The number of hydrogen-bond donors (Lipinski definition) is 2. The van der Waals surface area contributed by atoms with E-state index in [1.165, 1.54) is 7.11 Å². The van der Waals surface area contributed by atoms with Crippen molar-refractivity contribution in [2.24, 2.45) is 0 Å². The van der Waals surface area contributed by atoms with Gasteiger partial charge in [0, 0.05) is 47.9 Å². The second-order valence-corrected chi connectivity index (χ2v) is 6.65. The van der Waals surface area contributed by atoms with Crippen molar-refractivity contribution in [3.05, 3.63) is 41.0 Å². The molecule has 2 aromatic heterocycles. The molecular weight excluding hydrogens is 372 g/mol. The summed E-state index contributed by atoms with van der Waals surface area (Å²) in [6.07, 6.45) is 1.82. The number of aromatic amines is 1. The molecule has 0 spiro atoms. The molecule has 3 rings (SSSR count). The van der Waals surface area contributed by atoms with Gasteiger partial charge in [0.15, 0.2) is 0 Å². The maximum Gasteiger partial charge on any atom is 0.223 e. The zero-order valence-corrected chi connectivity index (χ0v) is 16.5. The fourth-order valence-corrected chi connectivity index (χ4v) is 3.24. The molecule has 0 aliphatic rings. The summed E-state index contributed by atoms with van der Waals surface area (Å²) < 4.78 is 5.49. The topological polar surface area (TPSA) is 62.4 Å². The summed E-state index contributed by atoms with van der Waals surface area (Å²) >= 11 is 11.9. The second kappa shape index (κ2) is 7.49. The monoisotopic (exact) mass is 390 g/mol. The number of benzene rings is 1. The second-order valence-electron chi connectivity index (χ2n) is 5.84. The molecule has 6 nitrogen and oxygen atoms in total. The zero-order valence-electron chi connectivity index (χ0n) is 14.9. The normalized spacial score (nSPS) is 10.8. The van der Waals surface area contributed by atoms with Crippen LogP contribution < -0.4 is 15.1 Å².